The Morgan fingerprint density at radius 3 is 1.33 bits per heavy atom. The molecule has 0 saturated carbocycles. The Kier molecular flexibility index (Phi) is 42.4. The maximum absolute atomic E-state index is 12.6. The lowest BCUT2D eigenvalue weighted by molar-refractivity contribution is -0.161. The third kappa shape index (κ3) is 42.6. The quantitative estimate of drug-likeness (QED) is 0.0234. The molecule has 0 heterocycles. The molecule has 3 atom stereocenters. The van der Waals surface area contributed by atoms with E-state index in [1.165, 1.54) is 141 Å². The second-order valence-electron chi connectivity index (χ2n) is 16.1. The number of phosphoric ester groups is 1. The molecule has 3 N–H and O–H groups in total. The minimum absolute atomic E-state index is 0.185. The molecule has 0 aliphatic heterocycles. The summed E-state index contributed by atoms with van der Waals surface area (Å²) < 4.78 is 32.8. The minimum atomic E-state index is -4.61. The van der Waals surface area contributed by atoms with Gasteiger partial charge in [-0.25, -0.2) is 4.57 Å². The van der Waals surface area contributed by atoms with E-state index in [1.54, 1.807) is 0 Å². The van der Waals surface area contributed by atoms with Gasteiger partial charge in [-0.15, -0.1) is 0 Å². The molecule has 342 valence electrons. The second-order valence-corrected chi connectivity index (χ2v) is 17.6. The molecule has 0 radical (unpaired) electrons. The summed E-state index contributed by atoms with van der Waals surface area (Å²) in [6, 6.07) is 0. The molecule has 0 fully saturated rings. The Hall–Kier alpha value is -1.55. The predicted molar refractivity (Wildman–Crippen MR) is 238 cm³/mol. The first-order valence-corrected chi connectivity index (χ1v) is 25.3. The fraction of sp³-hybridized carbons (Fsp3) is 0.872. The van der Waals surface area contributed by atoms with Gasteiger partial charge in [-0.05, 0) is 44.9 Å². The SMILES string of the molecule is CCCCCCC/C=C\C/C=C\CCCCCCCCCCCCCC(=O)OC(COC(=O)CCCCCCCCCCCCCC)COP(=O)(O)OCC(O)CO. The zero-order valence-corrected chi connectivity index (χ0v) is 38.2. The molecule has 0 amide bonds. The molecule has 3 unspecified atom stereocenters. The lowest BCUT2D eigenvalue weighted by Crippen LogP contribution is -2.29. The van der Waals surface area contributed by atoms with Crippen molar-refractivity contribution in [2.45, 2.75) is 238 Å². The van der Waals surface area contributed by atoms with Crippen LogP contribution in [0, 0.1) is 0 Å². The number of carbonyl (C=O) groups is 2. The van der Waals surface area contributed by atoms with Crippen molar-refractivity contribution < 1.29 is 47.8 Å². The highest BCUT2D eigenvalue weighted by Gasteiger charge is 2.27. The van der Waals surface area contributed by atoms with Crippen LogP contribution in [0.3, 0.4) is 0 Å². The van der Waals surface area contributed by atoms with Crippen LogP contribution in [0.5, 0.6) is 0 Å². The molecule has 0 spiro atoms. The Balaban J connectivity index is 4.16. The van der Waals surface area contributed by atoms with Crippen LogP contribution in [-0.4, -0.2) is 65.7 Å². The fourth-order valence-corrected chi connectivity index (χ4v) is 7.46. The molecule has 0 aliphatic rings. The number of hydrogen-bond donors (Lipinski definition) is 3. The van der Waals surface area contributed by atoms with Crippen molar-refractivity contribution in [3.63, 3.8) is 0 Å². The van der Waals surface area contributed by atoms with Crippen LogP contribution in [0.4, 0.5) is 0 Å². The summed E-state index contributed by atoms with van der Waals surface area (Å²) >= 11 is 0. The number of hydrogen-bond acceptors (Lipinski definition) is 9. The first-order chi connectivity index (χ1) is 28.2. The first-order valence-electron chi connectivity index (χ1n) is 23.8. The summed E-state index contributed by atoms with van der Waals surface area (Å²) in [5, 5.41) is 18.3. The Morgan fingerprint density at radius 2 is 0.897 bits per heavy atom. The van der Waals surface area contributed by atoms with Crippen molar-refractivity contribution in [1.82, 2.24) is 0 Å². The molecular weight excluding hydrogens is 755 g/mol. The van der Waals surface area contributed by atoms with Gasteiger partial charge in [0.05, 0.1) is 19.8 Å². The molecule has 0 aliphatic carbocycles. The van der Waals surface area contributed by atoms with Crippen molar-refractivity contribution >= 4 is 19.8 Å². The lowest BCUT2D eigenvalue weighted by Gasteiger charge is -2.20. The molecule has 0 rings (SSSR count). The summed E-state index contributed by atoms with van der Waals surface area (Å²) in [6.07, 6.45) is 44.3. The molecule has 0 aromatic heterocycles. The van der Waals surface area contributed by atoms with Crippen molar-refractivity contribution in [3.05, 3.63) is 24.3 Å². The average Bonchev–Trinajstić information content (AvgIpc) is 3.21. The van der Waals surface area contributed by atoms with Gasteiger partial charge in [0.2, 0.25) is 0 Å². The van der Waals surface area contributed by atoms with E-state index in [-0.39, 0.29) is 19.4 Å². The standard InChI is InChI=1S/C47H89O10P/c1-3-5-7-9-11-13-15-17-18-19-20-21-22-23-24-25-26-27-29-31-33-35-37-39-47(51)57-45(43-56-58(52,53)55-41-44(49)40-48)42-54-46(50)38-36-34-32-30-28-16-14-12-10-8-6-4-2/h15,17,19-20,44-45,48-49H,3-14,16,18,21-43H2,1-2H3,(H,52,53)/b17-15-,20-19-. The maximum Gasteiger partial charge on any atom is 0.472 e. The molecule has 0 bridgehead atoms. The normalized spacial score (nSPS) is 13.9. The van der Waals surface area contributed by atoms with Crippen molar-refractivity contribution in [2.24, 2.45) is 0 Å². The molecule has 58 heavy (non-hydrogen) atoms. The van der Waals surface area contributed by atoms with Crippen molar-refractivity contribution in [1.29, 1.82) is 0 Å². The first kappa shape index (κ1) is 56.5. The minimum Gasteiger partial charge on any atom is -0.462 e. The largest absolute Gasteiger partial charge is 0.472 e. The van der Waals surface area contributed by atoms with Crippen LogP contribution in [0.2, 0.25) is 0 Å². The van der Waals surface area contributed by atoms with Gasteiger partial charge in [0.15, 0.2) is 6.10 Å². The van der Waals surface area contributed by atoms with Gasteiger partial charge in [0.25, 0.3) is 0 Å². The van der Waals surface area contributed by atoms with Gasteiger partial charge < -0.3 is 24.6 Å². The number of phosphoric acid groups is 1. The van der Waals surface area contributed by atoms with Crippen LogP contribution in [0.25, 0.3) is 0 Å². The predicted octanol–water partition coefficient (Wildman–Crippen LogP) is 13.0. The average molecular weight is 845 g/mol. The van der Waals surface area contributed by atoms with E-state index in [0.29, 0.717) is 12.8 Å². The van der Waals surface area contributed by atoms with E-state index in [4.69, 9.17) is 23.6 Å². The fourth-order valence-electron chi connectivity index (χ4n) is 6.67. The number of rotatable bonds is 45. The van der Waals surface area contributed by atoms with E-state index in [9.17, 15) is 24.2 Å². The lowest BCUT2D eigenvalue weighted by atomic mass is 10.0. The Morgan fingerprint density at radius 1 is 0.517 bits per heavy atom. The van der Waals surface area contributed by atoms with Gasteiger partial charge in [-0.3, -0.25) is 18.6 Å². The topological polar surface area (TPSA) is 149 Å². The number of ether oxygens (including phenoxy) is 2. The Bertz CT molecular complexity index is 1020. The van der Waals surface area contributed by atoms with Gasteiger partial charge in [0.1, 0.15) is 12.7 Å². The summed E-state index contributed by atoms with van der Waals surface area (Å²) in [4.78, 5) is 35.0. The van der Waals surface area contributed by atoms with Crippen molar-refractivity contribution in [2.75, 3.05) is 26.4 Å². The maximum atomic E-state index is 12.6. The van der Waals surface area contributed by atoms with Crippen LogP contribution in [0.1, 0.15) is 226 Å². The summed E-state index contributed by atoms with van der Waals surface area (Å²) in [7, 11) is -4.61. The molecule has 10 nitrogen and oxygen atoms in total. The number of unbranched alkanes of at least 4 members (excludes halogenated alkanes) is 27. The summed E-state index contributed by atoms with van der Waals surface area (Å²) in [6.45, 7) is 2.39. The highest BCUT2D eigenvalue weighted by Crippen LogP contribution is 2.43. The zero-order valence-electron chi connectivity index (χ0n) is 37.3. The highest BCUT2D eigenvalue weighted by atomic mass is 31.2. The van der Waals surface area contributed by atoms with Crippen LogP contribution in [0.15, 0.2) is 24.3 Å². The number of aliphatic hydroxyl groups excluding tert-OH is 2. The third-order valence-corrected chi connectivity index (χ3v) is 11.3. The van der Waals surface area contributed by atoms with Crippen LogP contribution < -0.4 is 0 Å². The van der Waals surface area contributed by atoms with E-state index >= 15 is 0 Å². The Labute approximate surface area is 355 Å². The number of carbonyl (C=O) groups excluding carboxylic acids is 2. The highest BCUT2D eigenvalue weighted by molar-refractivity contribution is 7.47. The number of aliphatic hydroxyl groups is 2. The van der Waals surface area contributed by atoms with Gasteiger partial charge in [-0.1, -0.05) is 192 Å². The molecule has 0 aromatic carbocycles. The van der Waals surface area contributed by atoms with Crippen molar-refractivity contribution in [3.8, 4) is 0 Å². The van der Waals surface area contributed by atoms with Crippen LogP contribution >= 0.6 is 7.82 Å². The van der Waals surface area contributed by atoms with E-state index in [1.807, 2.05) is 0 Å². The van der Waals surface area contributed by atoms with Gasteiger partial charge >= 0.3 is 19.8 Å². The number of allylic oxidation sites excluding steroid dienone is 4. The monoisotopic (exact) mass is 845 g/mol. The smallest absolute Gasteiger partial charge is 0.462 e. The second kappa shape index (κ2) is 43.5. The third-order valence-electron chi connectivity index (χ3n) is 10.4. The molecular formula is C47H89O10P. The number of esters is 2. The molecule has 0 aromatic rings. The summed E-state index contributed by atoms with van der Waals surface area (Å²) in [5.74, 6) is -0.918. The summed E-state index contributed by atoms with van der Waals surface area (Å²) in [5.41, 5.74) is 0. The van der Waals surface area contributed by atoms with Gasteiger partial charge in [0, 0.05) is 12.8 Å². The van der Waals surface area contributed by atoms with Crippen LogP contribution in [-0.2, 0) is 32.7 Å². The van der Waals surface area contributed by atoms with E-state index in [0.717, 1.165) is 44.9 Å². The van der Waals surface area contributed by atoms with Gasteiger partial charge in [-0.2, -0.15) is 0 Å². The molecule has 0 saturated heterocycles. The molecule has 11 heteroatoms. The van der Waals surface area contributed by atoms with E-state index < -0.39 is 51.8 Å². The zero-order chi connectivity index (χ0) is 42.6. The van der Waals surface area contributed by atoms with E-state index in [2.05, 4.69) is 38.2 Å².